The van der Waals surface area contributed by atoms with E-state index in [1.165, 1.54) is 61.1 Å². The zero-order chi connectivity index (χ0) is 22.3. The summed E-state index contributed by atoms with van der Waals surface area (Å²) in [7, 11) is -0.878. The first kappa shape index (κ1) is 23.2. The average Bonchev–Trinajstić information content (AvgIpc) is 2.75. The van der Waals surface area contributed by atoms with Crippen molar-refractivity contribution in [1.29, 1.82) is 0 Å². The fourth-order valence-corrected chi connectivity index (χ4v) is 4.23. The van der Waals surface area contributed by atoms with Gasteiger partial charge in [0, 0.05) is 24.2 Å². The highest BCUT2D eigenvalue weighted by Crippen LogP contribution is 2.36. The van der Waals surface area contributed by atoms with Crippen molar-refractivity contribution >= 4 is 22.1 Å². The van der Waals surface area contributed by atoms with Gasteiger partial charge in [-0.25, -0.2) is 13.8 Å². The van der Waals surface area contributed by atoms with Gasteiger partial charge in [-0.1, -0.05) is 19.9 Å². The fraction of sp³-hybridized carbons (Fsp3) is 0.300. The largest absolute Gasteiger partial charge is 0.502 e. The number of benzene rings is 2. The van der Waals surface area contributed by atoms with E-state index in [-0.39, 0.29) is 27.7 Å². The van der Waals surface area contributed by atoms with Crippen molar-refractivity contribution in [3.8, 4) is 17.2 Å². The molecule has 0 unspecified atom stereocenters. The van der Waals surface area contributed by atoms with Crippen molar-refractivity contribution in [3.05, 3.63) is 47.5 Å². The number of nitrogens with one attached hydrogen (secondary N) is 1. The summed E-state index contributed by atoms with van der Waals surface area (Å²) in [6.07, 6.45) is 1.35. The van der Waals surface area contributed by atoms with Crippen molar-refractivity contribution in [2.24, 2.45) is 5.10 Å². The van der Waals surface area contributed by atoms with Gasteiger partial charge in [0.2, 0.25) is 15.8 Å². The second kappa shape index (κ2) is 10.1. The number of amides is 1. The molecular formula is C20H25N3O6S. The van der Waals surface area contributed by atoms with E-state index in [1.54, 1.807) is 13.8 Å². The number of phenolic OH excluding ortho intramolecular Hbond substituents is 1. The Morgan fingerprint density at radius 2 is 1.73 bits per heavy atom. The summed E-state index contributed by atoms with van der Waals surface area (Å²) in [5.74, 6) is -0.333. The van der Waals surface area contributed by atoms with E-state index < -0.39 is 15.9 Å². The van der Waals surface area contributed by atoms with Crippen LogP contribution in [0.5, 0.6) is 17.2 Å². The minimum absolute atomic E-state index is 0.0378. The maximum atomic E-state index is 12.6. The van der Waals surface area contributed by atoms with Gasteiger partial charge in [0.25, 0.3) is 5.91 Å². The maximum Gasteiger partial charge on any atom is 0.271 e. The lowest BCUT2D eigenvalue weighted by molar-refractivity contribution is 0.0955. The first-order valence-corrected chi connectivity index (χ1v) is 10.6. The summed E-state index contributed by atoms with van der Waals surface area (Å²) in [6.45, 7) is 4.16. The molecule has 1 amide bonds. The van der Waals surface area contributed by atoms with Crippen LogP contribution in [0.15, 0.2) is 46.4 Å². The Balaban J connectivity index is 2.20. The molecule has 162 valence electrons. The predicted octanol–water partition coefficient (Wildman–Crippen LogP) is 2.20. The number of nitrogens with zero attached hydrogens (tertiary/aromatic N) is 2. The lowest BCUT2D eigenvalue weighted by Gasteiger charge is -2.18. The second-order valence-electron chi connectivity index (χ2n) is 6.09. The van der Waals surface area contributed by atoms with E-state index in [1.807, 2.05) is 0 Å². The van der Waals surface area contributed by atoms with Gasteiger partial charge >= 0.3 is 0 Å². The third-order valence-electron chi connectivity index (χ3n) is 4.32. The van der Waals surface area contributed by atoms with Gasteiger partial charge in [0.1, 0.15) is 0 Å². The standard InChI is InChI=1S/C20H25N3O6S/c1-5-23(6-2)30(26,27)16-9-7-8-15(12-16)20(25)22-21-13-14-10-17(28-3)19(24)18(11-14)29-4/h7-13,24H,5-6H2,1-4H3,(H,22,25)/b21-13+. The number of hydrogen-bond acceptors (Lipinski definition) is 7. The average molecular weight is 436 g/mol. The molecule has 2 rings (SSSR count). The minimum atomic E-state index is -3.68. The fourth-order valence-electron chi connectivity index (χ4n) is 2.73. The van der Waals surface area contributed by atoms with Crippen LogP contribution in [-0.2, 0) is 10.0 Å². The zero-order valence-corrected chi connectivity index (χ0v) is 18.1. The maximum absolute atomic E-state index is 12.6. The molecule has 0 heterocycles. The van der Waals surface area contributed by atoms with Crippen LogP contribution in [0, 0.1) is 0 Å². The number of sulfonamides is 1. The Morgan fingerprint density at radius 3 is 2.27 bits per heavy atom. The Labute approximate surface area is 176 Å². The van der Waals surface area contributed by atoms with Crippen LogP contribution in [0.3, 0.4) is 0 Å². The molecule has 0 saturated heterocycles. The molecule has 0 saturated carbocycles. The lowest BCUT2D eigenvalue weighted by atomic mass is 10.2. The second-order valence-corrected chi connectivity index (χ2v) is 8.03. The quantitative estimate of drug-likeness (QED) is 0.461. The molecule has 0 aliphatic rings. The molecule has 2 aromatic carbocycles. The van der Waals surface area contributed by atoms with Crippen LogP contribution >= 0.6 is 0 Å². The molecule has 0 radical (unpaired) electrons. The van der Waals surface area contributed by atoms with E-state index in [4.69, 9.17) is 9.47 Å². The summed E-state index contributed by atoms with van der Waals surface area (Å²) in [4.78, 5) is 12.4. The van der Waals surface area contributed by atoms with Crippen molar-refractivity contribution in [2.45, 2.75) is 18.7 Å². The normalized spacial score (nSPS) is 11.6. The van der Waals surface area contributed by atoms with Gasteiger partial charge in [0.15, 0.2) is 11.5 Å². The van der Waals surface area contributed by atoms with E-state index in [0.717, 1.165) is 0 Å². The molecule has 0 spiro atoms. The van der Waals surface area contributed by atoms with Gasteiger partial charge in [0.05, 0.1) is 25.3 Å². The molecule has 10 heteroatoms. The number of rotatable bonds is 9. The number of phenols is 1. The molecule has 2 aromatic rings. The van der Waals surface area contributed by atoms with Crippen molar-refractivity contribution in [3.63, 3.8) is 0 Å². The molecule has 0 bridgehead atoms. The number of ether oxygens (including phenoxy) is 2. The van der Waals surface area contributed by atoms with E-state index in [0.29, 0.717) is 18.7 Å². The van der Waals surface area contributed by atoms with Gasteiger partial charge in [-0.15, -0.1) is 0 Å². The van der Waals surface area contributed by atoms with Crippen LogP contribution in [-0.4, -0.2) is 57.3 Å². The number of hydrazone groups is 1. The van der Waals surface area contributed by atoms with E-state index in [2.05, 4.69) is 10.5 Å². The number of carbonyl (C=O) groups excluding carboxylic acids is 1. The molecule has 0 atom stereocenters. The molecule has 2 N–H and O–H groups in total. The summed E-state index contributed by atoms with van der Waals surface area (Å²) in [6, 6.07) is 8.80. The zero-order valence-electron chi connectivity index (χ0n) is 17.2. The number of aromatic hydroxyl groups is 1. The first-order chi connectivity index (χ1) is 14.3. The van der Waals surface area contributed by atoms with Crippen molar-refractivity contribution in [1.82, 2.24) is 9.73 Å². The van der Waals surface area contributed by atoms with Crippen LogP contribution in [0.2, 0.25) is 0 Å². The lowest BCUT2D eigenvalue weighted by Crippen LogP contribution is -2.30. The third kappa shape index (κ3) is 5.08. The molecule has 9 nitrogen and oxygen atoms in total. The van der Waals surface area contributed by atoms with Gasteiger partial charge in [-0.3, -0.25) is 4.79 Å². The topological polar surface area (TPSA) is 118 Å². The van der Waals surface area contributed by atoms with Crippen molar-refractivity contribution < 1.29 is 27.8 Å². The molecule has 30 heavy (non-hydrogen) atoms. The highest BCUT2D eigenvalue weighted by Gasteiger charge is 2.22. The summed E-state index contributed by atoms with van der Waals surface area (Å²) in [5.41, 5.74) is 3.02. The van der Waals surface area contributed by atoms with E-state index in [9.17, 15) is 18.3 Å². The Hall–Kier alpha value is -3.11. The Morgan fingerprint density at radius 1 is 1.13 bits per heavy atom. The van der Waals surface area contributed by atoms with Crippen LogP contribution in [0.1, 0.15) is 29.8 Å². The smallest absolute Gasteiger partial charge is 0.271 e. The van der Waals surface area contributed by atoms with E-state index >= 15 is 0 Å². The van der Waals surface area contributed by atoms with Gasteiger partial charge in [-0.05, 0) is 30.3 Å². The Kier molecular flexibility index (Phi) is 7.79. The first-order valence-electron chi connectivity index (χ1n) is 9.17. The summed E-state index contributed by atoms with van der Waals surface area (Å²) < 4.78 is 36.7. The minimum Gasteiger partial charge on any atom is -0.502 e. The Bertz CT molecular complexity index is 1010. The summed E-state index contributed by atoms with van der Waals surface area (Å²) in [5, 5.41) is 13.8. The molecule has 0 fully saturated rings. The SMILES string of the molecule is CCN(CC)S(=O)(=O)c1cccc(C(=O)N/N=C/c2cc(OC)c(O)c(OC)c2)c1. The number of methoxy groups -OCH3 is 2. The van der Waals surface area contributed by atoms with Gasteiger partial charge in [-0.2, -0.15) is 9.41 Å². The van der Waals surface area contributed by atoms with Crippen molar-refractivity contribution in [2.75, 3.05) is 27.3 Å². The van der Waals surface area contributed by atoms with Crippen LogP contribution in [0.4, 0.5) is 0 Å². The van der Waals surface area contributed by atoms with Gasteiger partial charge < -0.3 is 14.6 Å². The molecule has 0 aromatic heterocycles. The number of hydrogen-bond donors (Lipinski definition) is 2. The molecule has 0 aliphatic heterocycles. The monoisotopic (exact) mass is 435 g/mol. The van der Waals surface area contributed by atoms with Crippen LogP contribution in [0.25, 0.3) is 0 Å². The summed E-state index contributed by atoms with van der Waals surface area (Å²) >= 11 is 0. The molecular weight excluding hydrogens is 410 g/mol. The predicted molar refractivity (Wildman–Crippen MR) is 113 cm³/mol. The van der Waals surface area contributed by atoms with Crippen LogP contribution < -0.4 is 14.9 Å². The number of carbonyl (C=O) groups is 1. The highest BCUT2D eigenvalue weighted by atomic mass is 32.2. The third-order valence-corrected chi connectivity index (χ3v) is 6.37. The highest BCUT2D eigenvalue weighted by molar-refractivity contribution is 7.89. The molecule has 0 aliphatic carbocycles.